The maximum atomic E-state index is 14.1. The van der Waals surface area contributed by atoms with Crippen LogP contribution in [0.4, 0.5) is 4.39 Å². The van der Waals surface area contributed by atoms with Gasteiger partial charge in [-0.05, 0) is 37.6 Å². The molecule has 1 unspecified atom stereocenters. The Balaban J connectivity index is 3.03. The van der Waals surface area contributed by atoms with Gasteiger partial charge in [-0.25, -0.2) is 12.8 Å². The molecule has 4 nitrogen and oxygen atoms in total. The van der Waals surface area contributed by atoms with Crippen molar-refractivity contribution in [3.8, 4) is 0 Å². The first-order chi connectivity index (χ1) is 9.84. The van der Waals surface area contributed by atoms with E-state index in [1.54, 1.807) is 6.07 Å². The molecule has 0 saturated carbocycles. The van der Waals surface area contributed by atoms with Crippen LogP contribution in [-0.4, -0.2) is 32.4 Å². The van der Waals surface area contributed by atoms with Gasteiger partial charge in [0.05, 0.1) is 0 Å². The topological polar surface area (TPSA) is 49.4 Å². The second-order valence-corrected chi connectivity index (χ2v) is 7.17. The van der Waals surface area contributed by atoms with E-state index in [9.17, 15) is 12.8 Å². The molecular formula is C15H25FN2O2S. The molecule has 1 aromatic carbocycles. The number of benzene rings is 1. The highest BCUT2D eigenvalue weighted by atomic mass is 32.2. The van der Waals surface area contributed by atoms with Gasteiger partial charge in [0, 0.05) is 19.6 Å². The summed E-state index contributed by atoms with van der Waals surface area (Å²) in [6, 6.07) is 4.14. The minimum Gasteiger partial charge on any atom is -0.313 e. The van der Waals surface area contributed by atoms with E-state index in [-0.39, 0.29) is 10.9 Å². The predicted molar refractivity (Wildman–Crippen MR) is 83.1 cm³/mol. The van der Waals surface area contributed by atoms with Crippen molar-refractivity contribution in [3.63, 3.8) is 0 Å². The van der Waals surface area contributed by atoms with E-state index < -0.39 is 15.8 Å². The van der Waals surface area contributed by atoms with Gasteiger partial charge in [-0.1, -0.05) is 26.3 Å². The number of hydrogen-bond donors (Lipinski definition) is 1. The van der Waals surface area contributed by atoms with Crippen LogP contribution in [-0.2, 0) is 16.6 Å². The molecule has 1 N–H and O–H groups in total. The van der Waals surface area contributed by atoms with E-state index >= 15 is 0 Å². The first-order valence-electron chi connectivity index (χ1n) is 7.31. The molecule has 0 amide bonds. The van der Waals surface area contributed by atoms with E-state index in [1.165, 1.54) is 23.5 Å². The first kappa shape index (κ1) is 18.1. The van der Waals surface area contributed by atoms with E-state index in [0.29, 0.717) is 6.54 Å². The van der Waals surface area contributed by atoms with Crippen molar-refractivity contribution >= 4 is 10.0 Å². The second kappa shape index (κ2) is 7.87. The van der Waals surface area contributed by atoms with Gasteiger partial charge >= 0.3 is 0 Å². The Morgan fingerprint density at radius 1 is 1.33 bits per heavy atom. The van der Waals surface area contributed by atoms with Crippen molar-refractivity contribution in [3.05, 3.63) is 29.6 Å². The third-order valence-electron chi connectivity index (χ3n) is 3.56. The van der Waals surface area contributed by atoms with Crippen LogP contribution in [0.2, 0.25) is 0 Å². The smallest absolute Gasteiger partial charge is 0.245 e. The van der Waals surface area contributed by atoms with Crippen LogP contribution < -0.4 is 5.32 Å². The van der Waals surface area contributed by atoms with E-state index in [2.05, 4.69) is 5.32 Å². The largest absolute Gasteiger partial charge is 0.313 e. The molecule has 120 valence electrons. The molecule has 0 saturated heterocycles. The molecule has 0 bridgehead atoms. The van der Waals surface area contributed by atoms with Gasteiger partial charge in [0.2, 0.25) is 10.0 Å². The van der Waals surface area contributed by atoms with Crippen LogP contribution >= 0.6 is 0 Å². The van der Waals surface area contributed by atoms with E-state index in [1.807, 2.05) is 20.8 Å². The van der Waals surface area contributed by atoms with Crippen molar-refractivity contribution in [1.82, 2.24) is 9.62 Å². The van der Waals surface area contributed by atoms with Crippen molar-refractivity contribution in [2.75, 3.05) is 13.6 Å². The Morgan fingerprint density at radius 3 is 2.52 bits per heavy atom. The number of hydrogen-bond acceptors (Lipinski definition) is 3. The summed E-state index contributed by atoms with van der Waals surface area (Å²) in [7, 11) is -2.29. The molecule has 1 atom stereocenters. The van der Waals surface area contributed by atoms with Crippen LogP contribution in [0.25, 0.3) is 0 Å². The van der Waals surface area contributed by atoms with Crippen molar-refractivity contribution in [2.24, 2.45) is 0 Å². The van der Waals surface area contributed by atoms with Crippen molar-refractivity contribution in [2.45, 2.75) is 51.1 Å². The fourth-order valence-corrected chi connectivity index (χ4v) is 3.56. The van der Waals surface area contributed by atoms with Crippen LogP contribution in [0, 0.1) is 5.82 Å². The second-order valence-electron chi connectivity index (χ2n) is 5.20. The maximum absolute atomic E-state index is 14.1. The Bertz CT molecular complexity index is 561. The molecule has 0 spiro atoms. The standard InChI is InChI=1S/C15H25FN2O2S/c1-5-7-12(3)18(4)21(19,20)15-9-8-13(10-14(15)16)11-17-6-2/h8-10,12,17H,5-7,11H2,1-4H3. The third kappa shape index (κ3) is 4.49. The van der Waals surface area contributed by atoms with Crippen LogP contribution in [0.5, 0.6) is 0 Å². The first-order valence-corrected chi connectivity index (χ1v) is 8.75. The summed E-state index contributed by atoms with van der Waals surface area (Å²) in [4.78, 5) is -0.256. The number of halogens is 1. The predicted octanol–water partition coefficient (Wildman–Crippen LogP) is 2.74. The average molecular weight is 316 g/mol. The molecular weight excluding hydrogens is 291 g/mol. The minimum absolute atomic E-state index is 0.152. The lowest BCUT2D eigenvalue weighted by Crippen LogP contribution is -2.35. The molecule has 0 aliphatic heterocycles. The fraction of sp³-hybridized carbons (Fsp3) is 0.600. The van der Waals surface area contributed by atoms with Gasteiger partial charge in [-0.3, -0.25) is 0 Å². The van der Waals surface area contributed by atoms with Gasteiger partial charge in [0.1, 0.15) is 10.7 Å². The molecule has 0 fully saturated rings. The number of nitrogens with one attached hydrogen (secondary N) is 1. The molecule has 1 aromatic rings. The van der Waals surface area contributed by atoms with Crippen LogP contribution in [0.15, 0.2) is 23.1 Å². The summed E-state index contributed by atoms with van der Waals surface area (Å²) in [6.45, 7) is 7.08. The summed E-state index contributed by atoms with van der Waals surface area (Å²) in [5.74, 6) is -0.694. The van der Waals surface area contributed by atoms with Gasteiger partial charge in [0.25, 0.3) is 0 Å². The monoisotopic (exact) mass is 316 g/mol. The summed E-state index contributed by atoms with van der Waals surface area (Å²) >= 11 is 0. The van der Waals surface area contributed by atoms with E-state index in [0.717, 1.165) is 24.9 Å². The lowest BCUT2D eigenvalue weighted by Gasteiger charge is -2.24. The lowest BCUT2D eigenvalue weighted by molar-refractivity contribution is 0.366. The number of nitrogens with zero attached hydrogens (tertiary/aromatic N) is 1. The molecule has 0 radical (unpaired) electrons. The average Bonchev–Trinajstić information content (AvgIpc) is 2.44. The molecule has 0 aliphatic carbocycles. The summed E-state index contributed by atoms with van der Waals surface area (Å²) in [6.07, 6.45) is 1.63. The summed E-state index contributed by atoms with van der Waals surface area (Å²) in [5, 5.41) is 3.08. The molecule has 1 rings (SSSR count). The highest BCUT2D eigenvalue weighted by molar-refractivity contribution is 7.89. The molecule has 6 heteroatoms. The summed E-state index contributed by atoms with van der Waals surface area (Å²) < 4.78 is 40.3. The number of rotatable bonds is 8. The van der Waals surface area contributed by atoms with E-state index in [4.69, 9.17) is 0 Å². The zero-order chi connectivity index (χ0) is 16.0. The Labute approximate surface area is 127 Å². The van der Waals surface area contributed by atoms with Gasteiger partial charge < -0.3 is 5.32 Å². The Kier molecular flexibility index (Phi) is 6.77. The highest BCUT2D eigenvalue weighted by Crippen LogP contribution is 2.22. The molecule has 0 aliphatic rings. The fourth-order valence-electron chi connectivity index (χ4n) is 2.12. The van der Waals surface area contributed by atoms with Gasteiger partial charge in [-0.2, -0.15) is 4.31 Å². The maximum Gasteiger partial charge on any atom is 0.245 e. The Hall–Kier alpha value is -0.980. The van der Waals surface area contributed by atoms with Crippen LogP contribution in [0.3, 0.4) is 0 Å². The van der Waals surface area contributed by atoms with Crippen molar-refractivity contribution in [1.29, 1.82) is 0 Å². The molecule has 21 heavy (non-hydrogen) atoms. The summed E-state index contributed by atoms with van der Waals surface area (Å²) in [5.41, 5.74) is 0.734. The normalized spacial score (nSPS) is 13.6. The number of sulfonamides is 1. The zero-order valence-corrected chi connectivity index (χ0v) is 14.0. The van der Waals surface area contributed by atoms with Crippen molar-refractivity contribution < 1.29 is 12.8 Å². The van der Waals surface area contributed by atoms with Gasteiger partial charge in [-0.15, -0.1) is 0 Å². The molecule has 0 aromatic heterocycles. The van der Waals surface area contributed by atoms with Gasteiger partial charge in [0.15, 0.2) is 0 Å². The van der Waals surface area contributed by atoms with Crippen LogP contribution in [0.1, 0.15) is 39.2 Å². The zero-order valence-electron chi connectivity index (χ0n) is 13.2. The third-order valence-corrected chi connectivity index (χ3v) is 5.56. The Morgan fingerprint density at radius 2 is 2.00 bits per heavy atom. The molecule has 0 heterocycles. The lowest BCUT2D eigenvalue weighted by atomic mass is 10.2. The SMILES string of the molecule is CCCC(C)N(C)S(=O)(=O)c1ccc(CNCC)cc1F. The quantitative estimate of drug-likeness (QED) is 0.802. The highest BCUT2D eigenvalue weighted by Gasteiger charge is 2.27. The minimum atomic E-state index is -3.79.